The maximum absolute atomic E-state index is 7.04. The summed E-state index contributed by atoms with van der Waals surface area (Å²) in [5, 5.41) is 0. The van der Waals surface area contributed by atoms with Crippen LogP contribution in [0.25, 0.3) is 0 Å². The van der Waals surface area contributed by atoms with Crippen LogP contribution >= 0.6 is 0 Å². The number of rotatable bonds is 10. The molecule has 0 aliphatic heterocycles. The normalized spacial score (nSPS) is 44.0. The first kappa shape index (κ1) is 30.8. The first-order valence-electron chi connectivity index (χ1n) is 16.4. The highest BCUT2D eigenvalue weighted by Gasteiger charge is 2.66. The topological polar surface area (TPSA) is 36.9 Å². The Labute approximate surface area is 235 Å². The fraction of sp³-hybridized carbons (Fsp3) is 1.00. The Kier molecular flexibility index (Phi) is 10.0. The van der Waals surface area contributed by atoms with E-state index in [4.69, 9.17) is 18.9 Å². The van der Waals surface area contributed by atoms with E-state index in [1.807, 2.05) is 0 Å². The summed E-state index contributed by atoms with van der Waals surface area (Å²) in [6, 6.07) is 0. The lowest BCUT2D eigenvalue weighted by molar-refractivity contribution is -0.241. The molecule has 38 heavy (non-hydrogen) atoms. The predicted octanol–water partition coefficient (Wildman–Crippen LogP) is 8.16. The van der Waals surface area contributed by atoms with Gasteiger partial charge in [0.15, 0.2) is 0 Å². The third-order valence-electron chi connectivity index (χ3n) is 11.2. The smallest absolute Gasteiger partial charge is 0.0666 e. The Balaban J connectivity index is 1.70. The summed E-state index contributed by atoms with van der Waals surface area (Å²) in [6.45, 7) is 26.2. The highest BCUT2D eigenvalue weighted by atomic mass is 16.5. The van der Waals surface area contributed by atoms with Crippen LogP contribution in [0.1, 0.15) is 115 Å². The second-order valence-corrected chi connectivity index (χ2v) is 15.1. The highest BCUT2D eigenvalue weighted by molar-refractivity contribution is 5.14. The van der Waals surface area contributed by atoms with E-state index in [9.17, 15) is 0 Å². The van der Waals surface area contributed by atoms with E-state index in [-0.39, 0.29) is 23.7 Å². The van der Waals surface area contributed by atoms with Gasteiger partial charge in [-0.15, -0.1) is 0 Å². The van der Waals surface area contributed by atoms with Crippen LogP contribution in [0.5, 0.6) is 0 Å². The fourth-order valence-electron chi connectivity index (χ4n) is 10.3. The molecule has 0 aromatic carbocycles. The van der Waals surface area contributed by atoms with Crippen molar-refractivity contribution in [3.63, 3.8) is 0 Å². The van der Waals surface area contributed by atoms with E-state index in [1.54, 1.807) is 0 Å². The minimum atomic E-state index is 0.161. The Morgan fingerprint density at radius 1 is 0.711 bits per heavy atom. The summed E-state index contributed by atoms with van der Waals surface area (Å²) in [7, 11) is 0. The van der Waals surface area contributed by atoms with Crippen molar-refractivity contribution in [2.24, 2.45) is 52.8 Å². The SMILES string of the molecule is CC(C)OC[C@@H](C)C1CCC2C3C(OC(C)C)CC4CC(OC(C)C)CCC4C3C(C)C(OC(C)C)C21C. The summed E-state index contributed by atoms with van der Waals surface area (Å²) in [5.41, 5.74) is 0.161. The molecule has 4 aliphatic rings. The molecule has 0 saturated heterocycles. The van der Waals surface area contributed by atoms with Crippen LogP contribution in [0.3, 0.4) is 0 Å². The lowest BCUT2D eigenvalue weighted by Gasteiger charge is -2.64. The molecule has 0 aromatic rings. The molecule has 0 N–H and O–H groups in total. The van der Waals surface area contributed by atoms with Crippen molar-refractivity contribution in [1.82, 2.24) is 0 Å². The third-order valence-corrected chi connectivity index (χ3v) is 11.2. The minimum absolute atomic E-state index is 0.161. The maximum Gasteiger partial charge on any atom is 0.0666 e. The average molecular weight is 535 g/mol. The highest BCUT2D eigenvalue weighted by Crippen LogP contribution is 2.68. The van der Waals surface area contributed by atoms with Crippen LogP contribution in [0.2, 0.25) is 0 Å². The van der Waals surface area contributed by atoms with Crippen LogP contribution in [0.4, 0.5) is 0 Å². The van der Waals surface area contributed by atoms with E-state index >= 15 is 0 Å². The number of hydrogen-bond donors (Lipinski definition) is 0. The molecule has 12 atom stereocenters. The molecule has 11 unspecified atom stereocenters. The molecule has 0 radical (unpaired) electrons. The Bertz CT molecular complexity index is 749. The van der Waals surface area contributed by atoms with Crippen molar-refractivity contribution in [2.45, 2.75) is 157 Å². The van der Waals surface area contributed by atoms with E-state index in [2.05, 4.69) is 76.2 Å². The summed E-state index contributed by atoms with van der Waals surface area (Å²) in [4.78, 5) is 0. The van der Waals surface area contributed by atoms with Gasteiger partial charge in [0.25, 0.3) is 0 Å². The van der Waals surface area contributed by atoms with Gasteiger partial charge in [-0.1, -0.05) is 20.8 Å². The van der Waals surface area contributed by atoms with Crippen molar-refractivity contribution in [3.05, 3.63) is 0 Å². The van der Waals surface area contributed by atoms with Crippen molar-refractivity contribution in [2.75, 3.05) is 6.61 Å². The molecule has 0 spiro atoms. The lowest BCUT2D eigenvalue weighted by atomic mass is 9.44. The Morgan fingerprint density at radius 2 is 1.37 bits per heavy atom. The van der Waals surface area contributed by atoms with Gasteiger partial charge < -0.3 is 18.9 Å². The Morgan fingerprint density at radius 3 is 1.97 bits per heavy atom. The molecule has 0 aromatic heterocycles. The van der Waals surface area contributed by atoms with Gasteiger partial charge in [0, 0.05) is 12.0 Å². The monoisotopic (exact) mass is 534 g/mol. The van der Waals surface area contributed by atoms with Crippen molar-refractivity contribution in [1.29, 1.82) is 0 Å². The number of hydrogen-bond acceptors (Lipinski definition) is 4. The van der Waals surface area contributed by atoms with E-state index in [0.717, 1.165) is 12.5 Å². The van der Waals surface area contributed by atoms with Gasteiger partial charge in [0.05, 0.1) is 42.7 Å². The summed E-state index contributed by atoms with van der Waals surface area (Å²) in [6.07, 6.45) is 9.74. The average Bonchev–Trinajstić information content (AvgIpc) is 3.16. The fourth-order valence-corrected chi connectivity index (χ4v) is 10.3. The first-order valence-corrected chi connectivity index (χ1v) is 16.4. The second kappa shape index (κ2) is 12.4. The van der Waals surface area contributed by atoms with Crippen molar-refractivity contribution >= 4 is 0 Å². The molecule has 0 bridgehead atoms. The van der Waals surface area contributed by atoms with Gasteiger partial charge in [-0.05, 0) is 141 Å². The molecule has 4 heteroatoms. The third kappa shape index (κ3) is 6.04. The maximum atomic E-state index is 7.04. The number of fused-ring (bicyclic) bond motifs is 5. The minimum Gasteiger partial charge on any atom is -0.379 e. The van der Waals surface area contributed by atoms with E-state index in [0.29, 0.717) is 65.8 Å². The second-order valence-electron chi connectivity index (χ2n) is 15.1. The summed E-state index contributed by atoms with van der Waals surface area (Å²) in [5.74, 6) is 5.17. The summed E-state index contributed by atoms with van der Waals surface area (Å²) < 4.78 is 26.5. The molecule has 4 fully saturated rings. The van der Waals surface area contributed by atoms with Crippen molar-refractivity contribution in [3.8, 4) is 0 Å². The van der Waals surface area contributed by atoms with Gasteiger partial charge in [0.2, 0.25) is 0 Å². The molecule has 222 valence electrons. The molecular weight excluding hydrogens is 472 g/mol. The lowest BCUT2D eigenvalue weighted by Crippen LogP contribution is -2.64. The molecule has 4 nitrogen and oxygen atoms in total. The van der Waals surface area contributed by atoms with E-state index < -0.39 is 0 Å². The molecule has 0 amide bonds. The summed E-state index contributed by atoms with van der Waals surface area (Å²) >= 11 is 0. The zero-order chi connectivity index (χ0) is 27.9. The van der Waals surface area contributed by atoms with Crippen LogP contribution in [0, 0.1) is 52.8 Å². The molecule has 0 heterocycles. The first-order chi connectivity index (χ1) is 17.8. The van der Waals surface area contributed by atoms with Gasteiger partial charge in [-0.25, -0.2) is 0 Å². The molecule has 4 aliphatic carbocycles. The zero-order valence-electron chi connectivity index (χ0n) is 26.7. The zero-order valence-corrected chi connectivity index (χ0v) is 26.7. The molecule has 4 rings (SSSR count). The van der Waals surface area contributed by atoms with E-state index in [1.165, 1.54) is 38.5 Å². The molecule has 4 saturated carbocycles. The Hall–Kier alpha value is -0.160. The van der Waals surface area contributed by atoms with Crippen LogP contribution in [-0.2, 0) is 18.9 Å². The van der Waals surface area contributed by atoms with Gasteiger partial charge in [-0.3, -0.25) is 0 Å². The standard InChI is InChI=1S/C34H62O4/c1-19(2)35-18-23(9)28-14-15-29-32-30(37-21(5)6)17-25-16-26(36-20(3)4)12-13-27(25)31(32)24(10)33(34(28,29)11)38-22(7)8/h19-33H,12-18H2,1-11H3/t23-,24?,25?,26?,27?,28?,29?,30?,31?,32?,33?,34?/m1/s1. The van der Waals surface area contributed by atoms with Crippen LogP contribution in [0.15, 0.2) is 0 Å². The van der Waals surface area contributed by atoms with Crippen molar-refractivity contribution < 1.29 is 18.9 Å². The predicted molar refractivity (Wildman–Crippen MR) is 156 cm³/mol. The van der Waals surface area contributed by atoms with Crippen LogP contribution in [-0.4, -0.2) is 49.3 Å². The number of ether oxygens (including phenoxy) is 4. The van der Waals surface area contributed by atoms with Gasteiger partial charge >= 0.3 is 0 Å². The van der Waals surface area contributed by atoms with Gasteiger partial charge in [-0.2, -0.15) is 0 Å². The molecular formula is C34H62O4. The quantitative estimate of drug-likeness (QED) is 0.283. The van der Waals surface area contributed by atoms with Crippen LogP contribution < -0.4 is 0 Å². The van der Waals surface area contributed by atoms with Gasteiger partial charge in [0.1, 0.15) is 0 Å². The largest absolute Gasteiger partial charge is 0.379 e.